The molecular weight excluding hydrogens is 439 g/mol. The summed E-state index contributed by atoms with van der Waals surface area (Å²) >= 11 is 0. The van der Waals surface area contributed by atoms with Gasteiger partial charge in [-0.15, -0.1) is 8.96 Å². The number of hydrogen-bond acceptors (Lipinski definition) is 4. The molecule has 0 saturated heterocycles. The minimum atomic E-state index is -6.34. The van der Waals surface area contributed by atoms with E-state index in [0.29, 0.717) is 0 Å². The van der Waals surface area contributed by atoms with E-state index in [1.807, 2.05) is 0 Å². The van der Waals surface area contributed by atoms with Crippen molar-refractivity contribution in [1.82, 2.24) is 9.89 Å². The molecule has 25 heavy (non-hydrogen) atoms. The average molecular weight is 441 g/mol. The zero-order chi connectivity index (χ0) is 20.4. The SMILES string of the molecule is O=S(=O)(NF)C(F)(F)C(F)(F)F.O=S(=O)(NF)C(F)(F)C(F)(F)F.[Li]. The van der Waals surface area contributed by atoms with Gasteiger partial charge in [0, 0.05) is 18.9 Å². The van der Waals surface area contributed by atoms with Gasteiger partial charge in [0.05, 0.1) is 0 Å². The Labute approximate surface area is 142 Å². The zero-order valence-electron chi connectivity index (χ0n) is 11.0. The van der Waals surface area contributed by atoms with Gasteiger partial charge < -0.3 is 0 Å². The second-order valence-corrected chi connectivity index (χ2v) is 6.54. The molecular formula is C4H2F12LiN2O4S2. The van der Waals surface area contributed by atoms with Gasteiger partial charge in [-0.05, 0) is 9.89 Å². The van der Waals surface area contributed by atoms with E-state index < -0.39 is 52.8 Å². The molecule has 149 valence electrons. The first-order valence-corrected chi connectivity index (χ1v) is 7.22. The fourth-order valence-electron chi connectivity index (χ4n) is 0.402. The van der Waals surface area contributed by atoms with Crippen LogP contribution in [0.5, 0.6) is 0 Å². The molecule has 0 aliphatic rings. The van der Waals surface area contributed by atoms with Crippen molar-refractivity contribution in [2.45, 2.75) is 22.9 Å². The van der Waals surface area contributed by atoms with Crippen molar-refractivity contribution in [2.75, 3.05) is 0 Å². The van der Waals surface area contributed by atoms with Crippen LogP contribution in [0.15, 0.2) is 0 Å². The zero-order valence-corrected chi connectivity index (χ0v) is 12.6. The van der Waals surface area contributed by atoms with Gasteiger partial charge in [-0.1, -0.05) is 0 Å². The van der Waals surface area contributed by atoms with Gasteiger partial charge in [0.25, 0.3) is 0 Å². The van der Waals surface area contributed by atoms with Crippen LogP contribution in [0.3, 0.4) is 0 Å². The normalized spacial score (nSPS) is 14.2. The van der Waals surface area contributed by atoms with Crippen molar-refractivity contribution in [3.63, 3.8) is 0 Å². The second kappa shape index (κ2) is 8.51. The van der Waals surface area contributed by atoms with Crippen molar-refractivity contribution < 1.29 is 69.7 Å². The van der Waals surface area contributed by atoms with E-state index in [-0.39, 0.29) is 18.9 Å². The van der Waals surface area contributed by atoms with E-state index >= 15 is 0 Å². The smallest absolute Gasteiger partial charge is 0.203 e. The third kappa shape index (κ3) is 6.35. The van der Waals surface area contributed by atoms with Crippen LogP contribution < -0.4 is 9.89 Å². The first-order chi connectivity index (χ1) is 10.1. The van der Waals surface area contributed by atoms with Crippen LogP contribution in [-0.4, -0.2) is 58.6 Å². The number of rotatable bonds is 4. The molecule has 0 fully saturated rings. The molecule has 0 spiro atoms. The van der Waals surface area contributed by atoms with Crippen molar-refractivity contribution in [2.24, 2.45) is 0 Å². The van der Waals surface area contributed by atoms with Crippen LogP contribution in [0.4, 0.5) is 52.9 Å². The Balaban J connectivity index is -0.000000372. The van der Waals surface area contributed by atoms with Crippen molar-refractivity contribution in [3.8, 4) is 0 Å². The predicted octanol–water partition coefficient (Wildman–Crippen LogP) is 1.51. The van der Waals surface area contributed by atoms with Gasteiger partial charge in [0.2, 0.25) is 0 Å². The van der Waals surface area contributed by atoms with E-state index in [2.05, 4.69) is 0 Å². The Morgan fingerprint density at radius 2 is 0.680 bits per heavy atom. The fraction of sp³-hybridized carbons (Fsp3) is 1.00. The average Bonchev–Trinajstić information content (AvgIpc) is 2.36. The molecule has 0 rings (SSSR count). The molecule has 0 aromatic heterocycles. The molecule has 0 atom stereocenters. The van der Waals surface area contributed by atoms with Crippen LogP contribution in [0.2, 0.25) is 0 Å². The molecule has 0 aromatic rings. The molecule has 1 radical (unpaired) electrons. The maximum absolute atomic E-state index is 11.7. The van der Waals surface area contributed by atoms with Crippen molar-refractivity contribution >= 4 is 38.9 Å². The molecule has 0 aliphatic carbocycles. The van der Waals surface area contributed by atoms with Gasteiger partial charge in [-0.2, -0.15) is 43.9 Å². The number of hydrogen-bond donors (Lipinski definition) is 2. The van der Waals surface area contributed by atoms with E-state index in [9.17, 15) is 69.7 Å². The van der Waals surface area contributed by atoms with Crippen LogP contribution >= 0.6 is 0 Å². The summed E-state index contributed by atoms with van der Waals surface area (Å²) in [5, 5.41) is -12.3. The maximum atomic E-state index is 11.7. The minimum Gasteiger partial charge on any atom is -0.203 e. The summed E-state index contributed by atoms with van der Waals surface area (Å²) in [4.78, 5) is -1.22. The summed E-state index contributed by atoms with van der Waals surface area (Å²) in [5.74, 6) is 0. The number of sulfonamides is 2. The largest absolute Gasteiger partial charge is 0.471 e. The van der Waals surface area contributed by atoms with E-state index in [1.54, 1.807) is 0 Å². The first kappa shape index (κ1) is 29.3. The van der Waals surface area contributed by atoms with E-state index in [0.717, 1.165) is 0 Å². The molecule has 0 unspecified atom stereocenters. The summed E-state index contributed by atoms with van der Waals surface area (Å²) in [6, 6.07) is 0. The summed E-state index contributed by atoms with van der Waals surface area (Å²) in [7, 11) is -12.7. The predicted molar refractivity (Wildman–Crippen MR) is 54.1 cm³/mol. The van der Waals surface area contributed by atoms with E-state index in [1.165, 1.54) is 0 Å². The third-order valence-corrected chi connectivity index (χ3v) is 3.76. The number of alkyl halides is 10. The Morgan fingerprint density at radius 1 is 0.520 bits per heavy atom. The Bertz CT molecular complexity index is 568. The molecule has 0 amide bonds. The molecule has 6 nitrogen and oxygen atoms in total. The van der Waals surface area contributed by atoms with Gasteiger partial charge in [0.15, 0.2) is 0 Å². The van der Waals surface area contributed by atoms with Gasteiger partial charge in [-0.25, -0.2) is 16.8 Å². The molecule has 0 heterocycles. The molecule has 0 bridgehead atoms. The molecule has 21 heteroatoms. The fourth-order valence-corrected chi connectivity index (χ4v) is 1.20. The number of halogens is 12. The quantitative estimate of drug-likeness (QED) is 0.393. The van der Waals surface area contributed by atoms with Gasteiger partial charge in [0.1, 0.15) is 0 Å². The standard InChI is InChI=1S/2C2HF6NO2S.Li/c2*3-1(4,5)2(6,7)12(10,11)9-8;/h2*9H;. The Kier molecular flexibility index (Phi) is 9.99. The number of nitrogens with one attached hydrogen (secondary N) is 2. The van der Waals surface area contributed by atoms with Crippen molar-refractivity contribution in [1.29, 1.82) is 0 Å². The third-order valence-electron chi connectivity index (χ3n) is 1.54. The first-order valence-electron chi connectivity index (χ1n) is 4.25. The van der Waals surface area contributed by atoms with Gasteiger partial charge in [-0.3, -0.25) is 0 Å². The van der Waals surface area contributed by atoms with Gasteiger partial charge >= 0.3 is 42.9 Å². The monoisotopic (exact) mass is 441 g/mol. The minimum absolute atomic E-state index is 0. The summed E-state index contributed by atoms with van der Waals surface area (Å²) in [5.41, 5.74) is 0. The summed E-state index contributed by atoms with van der Waals surface area (Å²) < 4.78 is 175. The maximum Gasteiger partial charge on any atom is 0.471 e. The molecule has 0 aromatic carbocycles. The molecule has 0 aliphatic heterocycles. The van der Waals surface area contributed by atoms with E-state index in [4.69, 9.17) is 0 Å². The topological polar surface area (TPSA) is 92.3 Å². The summed E-state index contributed by atoms with van der Waals surface area (Å²) in [6.07, 6.45) is -12.7. The Morgan fingerprint density at radius 3 is 0.720 bits per heavy atom. The molecule has 0 saturated carbocycles. The van der Waals surface area contributed by atoms with Crippen LogP contribution in [0, 0.1) is 0 Å². The second-order valence-electron chi connectivity index (χ2n) is 3.19. The molecule has 2 N–H and O–H groups in total. The van der Waals surface area contributed by atoms with Crippen LogP contribution in [-0.2, 0) is 20.0 Å². The summed E-state index contributed by atoms with van der Waals surface area (Å²) in [6.45, 7) is 0. The Hall–Kier alpha value is -0.423. The van der Waals surface area contributed by atoms with Crippen LogP contribution in [0.25, 0.3) is 0 Å². The van der Waals surface area contributed by atoms with Crippen LogP contribution in [0.1, 0.15) is 0 Å². The van der Waals surface area contributed by atoms with Crippen molar-refractivity contribution in [3.05, 3.63) is 0 Å².